The van der Waals surface area contributed by atoms with E-state index in [1.54, 1.807) is 0 Å². The first-order valence-corrected chi connectivity index (χ1v) is 6.17. The van der Waals surface area contributed by atoms with Crippen molar-refractivity contribution >= 4 is 0 Å². The van der Waals surface area contributed by atoms with Gasteiger partial charge in [-0.3, -0.25) is 0 Å². The largest absolute Gasteiger partial charge is 0.100 e. The zero-order valence-corrected chi connectivity index (χ0v) is 10.9. The molecule has 0 aromatic rings. The average molecular weight is 206 g/mol. The van der Waals surface area contributed by atoms with Crippen molar-refractivity contribution in [3.63, 3.8) is 0 Å². The van der Waals surface area contributed by atoms with Crippen LogP contribution < -0.4 is 0 Å². The Balaban J connectivity index is 2.72. The van der Waals surface area contributed by atoms with Gasteiger partial charge in [-0.2, -0.15) is 0 Å². The van der Waals surface area contributed by atoms with Crippen molar-refractivity contribution in [2.45, 2.75) is 53.4 Å². The SMILES string of the molecule is C=C(C)CCC1C(=C)CCC(C)C1(C)C. The molecule has 0 aliphatic heterocycles. The molecule has 0 radical (unpaired) electrons. The van der Waals surface area contributed by atoms with Gasteiger partial charge in [-0.1, -0.05) is 38.5 Å². The van der Waals surface area contributed by atoms with Crippen molar-refractivity contribution in [1.82, 2.24) is 0 Å². The molecule has 0 spiro atoms. The molecule has 1 aliphatic rings. The summed E-state index contributed by atoms with van der Waals surface area (Å²) in [7, 11) is 0. The van der Waals surface area contributed by atoms with Gasteiger partial charge in [-0.15, -0.1) is 6.58 Å². The van der Waals surface area contributed by atoms with Crippen molar-refractivity contribution in [2.75, 3.05) is 0 Å². The average Bonchev–Trinajstić information content (AvgIpc) is 2.11. The smallest absolute Gasteiger partial charge is 0.0149 e. The van der Waals surface area contributed by atoms with Crippen molar-refractivity contribution in [3.05, 3.63) is 24.3 Å². The zero-order chi connectivity index (χ0) is 11.6. The van der Waals surface area contributed by atoms with E-state index in [1.807, 2.05) is 0 Å². The zero-order valence-electron chi connectivity index (χ0n) is 10.9. The summed E-state index contributed by atoms with van der Waals surface area (Å²) in [4.78, 5) is 0. The van der Waals surface area contributed by atoms with Gasteiger partial charge >= 0.3 is 0 Å². The molecule has 1 fully saturated rings. The summed E-state index contributed by atoms with van der Waals surface area (Å²) < 4.78 is 0. The molecule has 0 heteroatoms. The Kier molecular flexibility index (Phi) is 3.81. The van der Waals surface area contributed by atoms with Crippen molar-refractivity contribution in [2.24, 2.45) is 17.3 Å². The Morgan fingerprint density at radius 3 is 2.60 bits per heavy atom. The molecule has 0 heterocycles. The fraction of sp³-hybridized carbons (Fsp3) is 0.733. The summed E-state index contributed by atoms with van der Waals surface area (Å²) in [6.45, 7) is 17.6. The van der Waals surface area contributed by atoms with Gasteiger partial charge < -0.3 is 0 Å². The molecule has 0 aromatic heterocycles. The van der Waals surface area contributed by atoms with Crippen molar-refractivity contribution in [1.29, 1.82) is 0 Å². The molecular weight excluding hydrogens is 180 g/mol. The molecule has 15 heavy (non-hydrogen) atoms. The van der Waals surface area contributed by atoms with Gasteiger partial charge in [0.15, 0.2) is 0 Å². The molecule has 0 saturated heterocycles. The minimum Gasteiger partial charge on any atom is -0.100 e. The molecule has 2 unspecified atom stereocenters. The van der Waals surface area contributed by atoms with Crippen LogP contribution in [0.15, 0.2) is 24.3 Å². The van der Waals surface area contributed by atoms with Crippen LogP contribution in [0.3, 0.4) is 0 Å². The van der Waals surface area contributed by atoms with Crippen LogP contribution in [0, 0.1) is 17.3 Å². The van der Waals surface area contributed by atoms with E-state index in [1.165, 1.54) is 30.4 Å². The van der Waals surface area contributed by atoms with E-state index in [0.29, 0.717) is 11.3 Å². The van der Waals surface area contributed by atoms with E-state index in [2.05, 4.69) is 40.9 Å². The predicted molar refractivity (Wildman–Crippen MR) is 68.9 cm³/mol. The van der Waals surface area contributed by atoms with E-state index in [4.69, 9.17) is 0 Å². The lowest BCUT2D eigenvalue weighted by Crippen LogP contribution is -2.36. The first-order valence-electron chi connectivity index (χ1n) is 6.17. The summed E-state index contributed by atoms with van der Waals surface area (Å²) in [5, 5.41) is 0. The van der Waals surface area contributed by atoms with E-state index < -0.39 is 0 Å². The second kappa shape index (κ2) is 4.55. The van der Waals surface area contributed by atoms with Crippen LogP contribution in [0.5, 0.6) is 0 Å². The lowest BCUT2D eigenvalue weighted by Gasteiger charge is -2.45. The highest BCUT2D eigenvalue weighted by atomic mass is 14.4. The van der Waals surface area contributed by atoms with Gasteiger partial charge in [0.25, 0.3) is 0 Å². The molecule has 86 valence electrons. The van der Waals surface area contributed by atoms with Crippen molar-refractivity contribution < 1.29 is 0 Å². The van der Waals surface area contributed by atoms with Crippen LogP contribution in [0.2, 0.25) is 0 Å². The molecule has 2 atom stereocenters. The molecule has 0 amide bonds. The Bertz CT molecular complexity index is 257. The quantitative estimate of drug-likeness (QED) is 0.572. The van der Waals surface area contributed by atoms with Crippen LogP contribution in [-0.4, -0.2) is 0 Å². The van der Waals surface area contributed by atoms with Crippen LogP contribution in [-0.2, 0) is 0 Å². The summed E-state index contributed by atoms with van der Waals surface area (Å²) in [6.07, 6.45) is 4.94. The summed E-state index contributed by atoms with van der Waals surface area (Å²) >= 11 is 0. The summed E-state index contributed by atoms with van der Waals surface area (Å²) in [5.74, 6) is 1.51. The minimum atomic E-state index is 0.421. The van der Waals surface area contributed by atoms with Crippen LogP contribution >= 0.6 is 0 Å². The normalized spacial score (nSPS) is 30.3. The number of rotatable bonds is 3. The maximum Gasteiger partial charge on any atom is -0.0149 e. The third-order valence-electron chi connectivity index (χ3n) is 4.42. The van der Waals surface area contributed by atoms with Crippen LogP contribution in [0.4, 0.5) is 0 Å². The second-order valence-electron chi connectivity index (χ2n) is 5.97. The lowest BCUT2D eigenvalue weighted by molar-refractivity contribution is 0.107. The summed E-state index contributed by atoms with van der Waals surface area (Å²) in [5.41, 5.74) is 3.20. The maximum absolute atomic E-state index is 4.27. The number of hydrogen-bond acceptors (Lipinski definition) is 0. The first-order chi connectivity index (χ1) is 6.85. The third-order valence-corrected chi connectivity index (χ3v) is 4.42. The Labute approximate surface area is 95.5 Å². The number of allylic oxidation sites excluding steroid dienone is 2. The number of hydrogen-bond donors (Lipinski definition) is 0. The van der Waals surface area contributed by atoms with Gasteiger partial charge in [0.2, 0.25) is 0 Å². The fourth-order valence-electron chi connectivity index (χ4n) is 2.78. The molecule has 0 bridgehead atoms. The Morgan fingerprint density at radius 2 is 2.07 bits per heavy atom. The van der Waals surface area contributed by atoms with E-state index >= 15 is 0 Å². The predicted octanol–water partition coefficient (Wildman–Crippen LogP) is 4.97. The van der Waals surface area contributed by atoms with E-state index in [9.17, 15) is 0 Å². The molecule has 1 rings (SSSR count). The van der Waals surface area contributed by atoms with E-state index in [-0.39, 0.29) is 0 Å². The van der Waals surface area contributed by atoms with Crippen molar-refractivity contribution in [3.8, 4) is 0 Å². The van der Waals surface area contributed by atoms with Gasteiger partial charge in [0, 0.05) is 0 Å². The van der Waals surface area contributed by atoms with Gasteiger partial charge in [0.1, 0.15) is 0 Å². The minimum absolute atomic E-state index is 0.421. The highest BCUT2D eigenvalue weighted by molar-refractivity contribution is 5.11. The van der Waals surface area contributed by atoms with Gasteiger partial charge in [-0.05, 0) is 49.9 Å². The molecule has 0 N–H and O–H groups in total. The Hall–Kier alpha value is -0.520. The van der Waals surface area contributed by atoms with E-state index in [0.717, 1.165) is 12.3 Å². The maximum atomic E-state index is 4.27. The van der Waals surface area contributed by atoms with Crippen LogP contribution in [0.25, 0.3) is 0 Å². The first kappa shape index (κ1) is 12.5. The Morgan fingerprint density at radius 1 is 1.47 bits per heavy atom. The molecular formula is C15H26. The highest BCUT2D eigenvalue weighted by Gasteiger charge is 2.38. The van der Waals surface area contributed by atoms with Gasteiger partial charge in [-0.25, -0.2) is 0 Å². The standard InChI is InChI=1S/C15H26/c1-11(2)7-10-14-12(3)8-9-13(4)15(14,5)6/h13-14H,1,3,7-10H2,2,4-6H3. The fourth-order valence-corrected chi connectivity index (χ4v) is 2.78. The van der Waals surface area contributed by atoms with Crippen LogP contribution in [0.1, 0.15) is 53.4 Å². The van der Waals surface area contributed by atoms with Gasteiger partial charge in [0.05, 0.1) is 0 Å². The summed E-state index contributed by atoms with van der Waals surface area (Å²) in [6, 6.07) is 0. The highest BCUT2D eigenvalue weighted by Crippen LogP contribution is 2.49. The monoisotopic (exact) mass is 206 g/mol. The molecule has 0 aromatic carbocycles. The molecule has 1 saturated carbocycles. The molecule has 0 nitrogen and oxygen atoms in total. The second-order valence-corrected chi connectivity index (χ2v) is 5.97. The third kappa shape index (κ3) is 2.74. The lowest BCUT2D eigenvalue weighted by atomic mass is 9.60. The molecule has 1 aliphatic carbocycles. The topological polar surface area (TPSA) is 0 Å².